The molecule has 1 saturated carbocycles. The molecule has 0 spiro atoms. The van der Waals surface area contributed by atoms with Gasteiger partial charge in [-0.05, 0) is 20.3 Å². The van der Waals surface area contributed by atoms with Crippen LogP contribution in [0.5, 0.6) is 0 Å². The van der Waals surface area contributed by atoms with E-state index in [4.69, 9.17) is 23.7 Å². The molecule has 3 rings (SSSR count). The van der Waals surface area contributed by atoms with Gasteiger partial charge in [0.2, 0.25) is 0 Å². The van der Waals surface area contributed by atoms with Crippen LogP contribution in [0, 0.1) is 0 Å². The van der Waals surface area contributed by atoms with E-state index in [1.54, 1.807) is 6.92 Å². The van der Waals surface area contributed by atoms with Gasteiger partial charge in [-0.15, -0.1) is 0 Å². The van der Waals surface area contributed by atoms with Gasteiger partial charge in [0.05, 0.1) is 11.2 Å². The number of ketones is 1. The van der Waals surface area contributed by atoms with Crippen molar-refractivity contribution in [3.63, 3.8) is 0 Å². The molecule has 10 nitrogen and oxygen atoms in total. The van der Waals surface area contributed by atoms with Gasteiger partial charge >= 0.3 is 23.9 Å². The zero-order valence-electron chi connectivity index (χ0n) is 18.1. The lowest BCUT2D eigenvalue weighted by molar-refractivity contribution is -0.169. The highest BCUT2D eigenvalue weighted by Crippen LogP contribution is 2.50. The van der Waals surface area contributed by atoms with Crippen molar-refractivity contribution in [3.8, 4) is 0 Å². The third-order valence-corrected chi connectivity index (χ3v) is 5.81. The van der Waals surface area contributed by atoms with E-state index in [1.165, 1.54) is 27.7 Å². The van der Waals surface area contributed by atoms with Crippen molar-refractivity contribution in [1.29, 1.82) is 0 Å². The maximum atomic E-state index is 13.0. The maximum absolute atomic E-state index is 13.0. The first-order chi connectivity index (χ1) is 14.4. The second-order valence-corrected chi connectivity index (χ2v) is 8.44. The highest BCUT2D eigenvalue weighted by Gasteiger charge is 2.63. The standard InChI is InChI=1S/C21H26O10/c1-10(22)27-9-13-16-14(28-11(2)23)8-21(5,30-12(3)24)15(25)6-7-20(4)18(31-20)17(16)29-19(13)26/h14,17-18H,6-9H2,1-5H3/t14-,17?,18+,20+,21+/m0/s1. The van der Waals surface area contributed by atoms with E-state index in [2.05, 4.69) is 0 Å². The van der Waals surface area contributed by atoms with Gasteiger partial charge < -0.3 is 23.7 Å². The van der Waals surface area contributed by atoms with Crippen LogP contribution in [0.25, 0.3) is 0 Å². The summed E-state index contributed by atoms with van der Waals surface area (Å²) in [6.07, 6.45) is -2.41. The Labute approximate surface area is 179 Å². The topological polar surface area (TPSA) is 135 Å². The molecule has 1 unspecified atom stereocenters. The first-order valence-corrected chi connectivity index (χ1v) is 10.0. The predicted molar refractivity (Wildman–Crippen MR) is 101 cm³/mol. The van der Waals surface area contributed by atoms with Crippen LogP contribution in [-0.4, -0.2) is 65.8 Å². The van der Waals surface area contributed by atoms with Crippen molar-refractivity contribution in [2.24, 2.45) is 0 Å². The monoisotopic (exact) mass is 438 g/mol. The number of ether oxygens (including phenoxy) is 5. The second-order valence-electron chi connectivity index (χ2n) is 8.44. The summed E-state index contributed by atoms with van der Waals surface area (Å²) >= 11 is 0. The van der Waals surface area contributed by atoms with Crippen LogP contribution >= 0.6 is 0 Å². The molecule has 10 heteroatoms. The number of rotatable bonds is 4. The minimum Gasteiger partial charge on any atom is -0.461 e. The summed E-state index contributed by atoms with van der Waals surface area (Å²) in [4.78, 5) is 60.6. The average molecular weight is 438 g/mol. The number of esters is 4. The van der Waals surface area contributed by atoms with Gasteiger partial charge in [0.1, 0.15) is 18.8 Å². The summed E-state index contributed by atoms with van der Waals surface area (Å²) in [5, 5.41) is 0. The number of hydrogen-bond donors (Lipinski definition) is 0. The zero-order valence-corrected chi connectivity index (χ0v) is 18.1. The molecular formula is C21H26O10. The molecule has 0 radical (unpaired) electrons. The van der Waals surface area contributed by atoms with Gasteiger partial charge in [-0.1, -0.05) is 0 Å². The van der Waals surface area contributed by atoms with E-state index >= 15 is 0 Å². The molecule has 2 heterocycles. The molecule has 0 amide bonds. The van der Waals surface area contributed by atoms with E-state index in [9.17, 15) is 24.0 Å². The maximum Gasteiger partial charge on any atom is 0.338 e. The molecule has 1 aliphatic carbocycles. The van der Waals surface area contributed by atoms with Crippen LogP contribution in [0.4, 0.5) is 0 Å². The van der Waals surface area contributed by atoms with Crippen molar-refractivity contribution in [3.05, 3.63) is 11.1 Å². The molecule has 2 fully saturated rings. The van der Waals surface area contributed by atoms with Crippen LogP contribution in [0.15, 0.2) is 11.1 Å². The van der Waals surface area contributed by atoms with E-state index < -0.39 is 53.4 Å². The molecule has 0 aromatic rings. The lowest BCUT2D eigenvalue weighted by Crippen LogP contribution is -2.46. The van der Waals surface area contributed by atoms with E-state index in [-0.39, 0.29) is 36.4 Å². The van der Waals surface area contributed by atoms with Crippen LogP contribution in [0.2, 0.25) is 0 Å². The molecule has 1 saturated heterocycles. The zero-order chi connectivity index (χ0) is 23.1. The van der Waals surface area contributed by atoms with E-state index in [0.29, 0.717) is 6.42 Å². The highest BCUT2D eigenvalue weighted by atomic mass is 16.7. The summed E-state index contributed by atoms with van der Waals surface area (Å²) in [7, 11) is 0. The van der Waals surface area contributed by atoms with Gasteiger partial charge in [0.25, 0.3) is 0 Å². The summed E-state index contributed by atoms with van der Waals surface area (Å²) in [5.74, 6) is -3.04. The molecule has 3 aliphatic rings. The fourth-order valence-electron chi connectivity index (χ4n) is 4.22. The smallest absolute Gasteiger partial charge is 0.338 e. The van der Waals surface area contributed by atoms with Crippen molar-refractivity contribution < 1.29 is 47.7 Å². The van der Waals surface area contributed by atoms with Gasteiger partial charge in [-0.3, -0.25) is 19.2 Å². The van der Waals surface area contributed by atoms with Gasteiger partial charge in [-0.2, -0.15) is 0 Å². The summed E-state index contributed by atoms with van der Waals surface area (Å²) in [6, 6.07) is 0. The molecule has 2 aliphatic heterocycles. The minimum atomic E-state index is -1.61. The van der Waals surface area contributed by atoms with Gasteiger partial charge in [0, 0.05) is 39.2 Å². The summed E-state index contributed by atoms with van der Waals surface area (Å²) in [5.41, 5.74) is -2.09. The number of Topliss-reactive ketones (excluding diaryl/α,β-unsaturated/α-hetero) is 1. The molecule has 31 heavy (non-hydrogen) atoms. The second kappa shape index (κ2) is 8.07. The van der Waals surface area contributed by atoms with E-state index in [0.717, 1.165) is 0 Å². The van der Waals surface area contributed by atoms with Crippen molar-refractivity contribution in [2.45, 2.75) is 83.4 Å². The van der Waals surface area contributed by atoms with Crippen molar-refractivity contribution in [1.82, 2.24) is 0 Å². The number of hydrogen-bond acceptors (Lipinski definition) is 10. The van der Waals surface area contributed by atoms with Gasteiger partial charge in [0.15, 0.2) is 17.5 Å². The SMILES string of the molecule is CC(=O)OCC1=C2C(OC1=O)[C@H]1O[C@]1(C)CCC(=O)[C@](C)(OC(C)=O)C[C@@H]2OC(C)=O. The quantitative estimate of drug-likeness (QED) is 0.354. The van der Waals surface area contributed by atoms with Crippen molar-refractivity contribution >= 4 is 29.7 Å². The van der Waals surface area contributed by atoms with Crippen LogP contribution in [0.3, 0.4) is 0 Å². The Morgan fingerprint density at radius 3 is 2.32 bits per heavy atom. The fraction of sp³-hybridized carbons (Fsp3) is 0.667. The Kier molecular flexibility index (Phi) is 5.96. The minimum absolute atomic E-state index is 0.0162. The molecule has 0 aromatic carbocycles. The largest absolute Gasteiger partial charge is 0.461 e. The number of fused-ring (bicyclic) bond motifs is 3. The summed E-state index contributed by atoms with van der Waals surface area (Å²) < 4.78 is 27.2. The Morgan fingerprint density at radius 2 is 1.74 bits per heavy atom. The normalized spacial score (nSPS) is 34.8. The molecule has 0 N–H and O–H groups in total. The number of carbonyl (C=O) groups is 5. The van der Waals surface area contributed by atoms with Crippen molar-refractivity contribution in [2.75, 3.05) is 6.61 Å². The molecule has 0 aromatic heterocycles. The average Bonchev–Trinajstić information content (AvgIpc) is 3.19. The lowest BCUT2D eigenvalue weighted by Gasteiger charge is -2.33. The predicted octanol–water partition coefficient (Wildman–Crippen LogP) is 0.935. The van der Waals surface area contributed by atoms with E-state index in [1.807, 2.05) is 0 Å². The third-order valence-electron chi connectivity index (χ3n) is 5.81. The molecule has 5 atom stereocenters. The third kappa shape index (κ3) is 4.63. The highest BCUT2D eigenvalue weighted by molar-refractivity contribution is 5.94. The number of epoxide rings is 1. The molecule has 170 valence electrons. The van der Waals surface area contributed by atoms with Gasteiger partial charge in [-0.25, -0.2) is 4.79 Å². The fourth-order valence-corrected chi connectivity index (χ4v) is 4.22. The lowest BCUT2D eigenvalue weighted by atomic mass is 9.80. The van der Waals surface area contributed by atoms with Crippen LogP contribution < -0.4 is 0 Å². The first-order valence-electron chi connectivity index (χ1n) is 10.0. The summed E-state index contributed by atoms with van der Waals surface area (Å²) in [6.45, 7) is 6.39. The molecular weight excluding hydrogens is 412 g/mol. The van der Waals surface area contributed by atoms with Crippen LogP contribution in [-0.2, 0) is 47.7 Å². The Hall–Kier alpha value is -2.75. The Balaban J connectivity index is 2.12. The number of carbonyl (C=O) groups excluding carboxylic acids is 5. The molecule has 0 bridgehead atoms. The van der Waals surface area contributed by atoms with Crippen LogP contribution in [0.1, 0.15) is 53.9 Å². The Bertz CT molecular complexity index is 873. The first kappa shape index (κ1) is 22.9. The Morgan fingerprint density at radius 1 is 1.06 bits per heavy atom.